The molecule has 1 amide bonds. The summed E-state index contributed by atoms with van der Waals surface area (Å²) >= 11 is 0. The zero-order valence-corrected chi connectivity index (χ0v) is 21.5. The number of nitrogens with one attached hydrogen (secondary N) is 1. The third-order valence-corrected chi connectivity index (χ3v) is 6.51. The van der Waals surface area contributed by atoms with Crippen LogP contribution in [0.3, 0.4) is 0 Å². The quantitative estimate of drug-likeness (QED) is 0.675. The molecule has 2 heterocycles. The molecule has 2 aliphatic heterocycles. The van der Waals surface area contributed by atoms with Crippen LogP contribution in [0.4, 0.5) is 10.5 Å². The second kappa shape index (κ2) is 9.68. The lowest BCUT2D eigenvalue weighted by Crippen LogP contribution is -2.44. The van der Waals surface area contributed by atoms with E-state index in [-0.39, 0.29) is 6.54 Å². The predicted octanol–water partition coefficient (Wildman–Crippen LogP) is 3.98. The fourth-order valence-electron chi connectivity index (χ4n) is 3.75. The SMILES string of the molecule is CN1CCN(c2ccc(C=C(CNC(=O)OC(C)(C)C)B3OC(C)(C)C(C)(C)O3)cc2)CC1. The monoisotopic (exact) mass is 457 g/mol. The van der Waals surface area contributed by atoms with Crippen molar-refractivity contribution in [2.45, 2.75) is 65.3 Å². The number of nitrogens with zero attached hydrogens (tertiary/aromatic N) is 2. The Balaban J connectivity index is 1.77. The molecule has 2 aliphatic rings. The number of carbonyl (C=O) groups excluding carboxylic acids is 1. The maximum atomic E-state index is 12.3. The first-order valence-corrected chi connectivity index (χ1v) is 11.8. The number of rotatable bonds is 5. The van der Waals surface area contributed by atoms with Gasteiger partial charge >= 0.3 is 13.2 Å². The van der Waals surface area contributed by atoms with Crippen LogP contribution in [0.5, 0.6) is 0 Å². The number of benzene rings is 1. The predicted molar refractivity (Wildman–Crippen MR) is 134 cm³/mol. The highest BCUT2D eigenvalue weighted by Gasteiger charge is 2.52. The van der Waals surface area contributed by atoms with Crippen molar-refractivity contribution in [3.05, 3.63) is 35.3 Å². The molecule has 1 aromatic carbocycles. The highest BCUT2D eigenvalue weighted by Crippen LogP contribution is 2.38. The topological polar surface area (TPSA) is 63.3 Å². The Bertz CT molecular complexity index is 837. The van der Waals surface area contributed by atoms with Crippen molar-refractivity contribution in [1.29, 1.82) is 0 Å². The number of piperazine rings is 1. The van der Waals surface area contributed by atoms with Gasteiger partial charge in [0.25, 0.3) is 0 Å². The molecule has 0 atom stereocenters. The van der Waals surface area contributed by atoms with Crippen LogP contribution >= 0.6 is 0 Å². The van der Waals surface area contributed by atoms with E-state index in [9.17, 15) is 4.79 Å². The molecular formula is C25H40BN3O4. The Labute approximate surface area is 199 Å². The fraction of sp³-hybridized carbons (Fsp3) is 0.640. The van der Waals surface area contributed by atoms with Crippen LogP contribution in [-0.2, 0) is 14.0 Å². The number of amides is 1. The summed E-state index contributed by atoms with van der Waals surface area (Å²) in [6, 6.07) is 8.51. The lowest BCUT2D eigenvalue weighted by Gasteiger charge is -2.34. The van der Waals surface area contributed by atoms with E-state index in [0.29, 0.717) is 0 Å². The number of anilines is 1. The Morgan fingerprint density at radius 1 is 1.06 bits per heavy atom. The van der Waals surface area contributed by atoms with Crippen LogP contribution < -0.4 is 10.2 Å². The van der Waals surface area contributed by atoms with Gasteiger partial charge < -0.3 is 29.2 Å². The van der Waals surface area contributed by atoms with Gasteiger partial charge in [0.15, 0.2) is 0 Å². The normalized spacial score (nSPS) is 21.3. The molecule has 182 valence electrons. The van der Waals surface area contributed by atoms with Crippen molar-refractivity contribution >= 4 is 25.0 Å². The second-order valence-corrected chi connectivity index (χ2v) is 11.0. The van der Waals surface area contributed by atoms with E-state index < -0.39 is 30.0 Å². The van der Waals surface area contributed by atoms with Gasteiger partial charge in [0.1, 0.15) is 5.60 Å². The lowest BCUT2D eigenvalue weighted by molar-refractivity contribution is 0.00578. The van der Waals surface area contributed by atoms with Crippen LogP contribution in [0.2, 0.25) is 0 Å². The van der Waals surface area contributed by atoms with E-state index >= 15 is 0 Å². The van der Waals surface area contributed by atoms with Gasteiger partial charge in [-0.05, 0) is 78.7 Å². The average molecular weight is 457 g/mol. The minimum Gasteiger partial charge on any atom is -0.444 e. The summed E-state index contributed by atoms with van der Waals surface area (Å²) in [7, 11) is 1.61. The van der Waals surface area contributed by atoms with Gasteiger partial charge in [0.2, 0.25) is 0 Å². The largest absolute Gasteiger partial charge is 0.492 e. The first-order chi connectivity index (χ1) is 15.3. The van der Waals surface area contributed by atoms with E-state index in [2.05, 4.69) is 46.4 Å². The van der Waals surface area contributed by atoms with Gasteiger partial charge in [0, 0.05) is 38.4 Å². The van der Waals surface area contributed by atoms with Crippen LogP contribution in [0.25, 0.3) is 6.08 Å². The number of hydrogen-bond acceptors (Lipinski definition) is 6. The molecule has 0 spiro atoms. The standard InChI is InChI=1S/C25H40BN3O4/c1-23(2,3)31-22(30)27-18-20(26-32-24(4,5)25(6,7)33-26)17-19-9-11-21(12-10-19)29-15-13-28(8)14-16-29/h9-12,17H,13-16,18H2,1-8H3,(H,27,30). The van der Waals surface area contributed by atoms with E-state index in [1.54, 1.807) is 0 Å². The minimum atomic E-state index is -0.558. The molecule has 0 aliphatic carbocycles. The first-order valence-electron chi connectivity index (χ1n) is 11.8. The van der Waals surface area contributed by atoms with Crippen molar-refractivity contribution in [3.8, 4) is 0 Å². The molecule has 1 N–H and O–H groups in total. The van der Waals surface area contributed by atoms with E-state index in [1.165, 1.54) is 5.69 Å². The maximum absolute atomic E-state index is 12.3. The van der Waals surface area contributed by atoms with Crippen molar-refractivity contribution in [1.82, 2.24) is 10.2 Å². The highest BCUT2D eigenvalue weighted by atomic mass is 16.7. The van der Waals surface area contributed by atoms with Crippen LogP contribution in [0.15, 0.2) is 29.7 Å². The number of ether oxygens (including phenoxy) is 1. The highest BCUT2D eigenvalue weighted by molar-refractivity contribution is 6.56. The summed E-state index contributed by atoms with van der Waals surface area (Å²) < 4.78 is 17.9. The first kappa shape index (κ1) is 25.6. The Kier molecular flexibility index (Phi) is 7.51. The van der Waals surface area contributed by atoms with Crippen LogP contribution in [0, 0.1) is 0 Å². The minimum absolute atomic E-state index is 0.270. The molecule has 3 rings (SSSR count). The number of likely N-dealkylation sites (N-methyl/N-ethyl adjacent to an activating group) is 1. The smallest absolute Gasteiger partial charge is 0.444 e. The zero-order valence-electron chi connectivity index (χ0n) is 21.5. The summed E-state index contributed by atoms with van der Waals surface area (Å²) in [6.45, 7) is 18.1. The van der Waals surface area contributed by atoms with Crippen molar-refractivity contribution in [2.24, 2.45) is 0 Å². The third-order valence-electron chi connectivity index (χ3n) is 6.51. The Morgan fingerprint density at radius 3 is 2.12 bits per heavy atom. The van der Waals surface area contributed by atoms with Crippen molar-refractivity contribution in [2.75, 3.05) is 44.7 Å². The fourth-order valence-corrected chi connectivity index (χ4v) is 3.75. The van der Waals surface area contributed by atoms with Crippen molar-refractivity contribution < 1.29 is 18.8 Å². The molecule has 0 radical (unpaired) electrons. The van der Waals surface area contributed by atoms with E-state index in [4.69, 9.17) is 14.0 Å². The van der Waals surface area contributed by atoms with Gasteiger partial charge in [-0.2, -0.15) is 0 Å². The lowest BCUT2D eigenvalue weighted by atomic mass is 9.77. The summed E-state index contributed by atoms with van der Waals surface area (Å²) in [5.41, 5.74) is 1.61. The zero-order chi connectivity index (χ0) is 24.4. The maximum Gasteiger partial charge on any atom is 0.492 e. The summed E-state index contributed by atoms with van der Waals surface area (Å²) in [4.78, 5) is 17.0. The van der Waals surface area contributed by atoms with Gasteiger partial charge in [-0.25, -0.2) is 4.79 Å². The summed E-state index contributed by atoms with van der Waals surface area (Å²) in [5.74, 6) is 0. The molecule has 33 heavy (non-hydrogen) atoms. The molecule has 1 aromatic rings. The molecule has 0 unspecified atom stereocenters. The Hall–Kier alpha value is -2.03. The van der Waals surface area contributed by atoms with E-state index in [0.717, 1.165) is 37.2 Å². The van der Waals surface area contributed by atoms with Gasteiger partial charge in [-0.1, -0.05) is 18.2 Å². The number of alkyl carbamates (subject to hydrolysis) is 1. The van der Waals surface area contributed by atoms with Gasteiger partial charge in [-0.15, -0.1) is 0 Å². The number of carbonyl (C=O) groups is 1. The molecule has 8 heteroatoms. The van der Waals surface area contributed by atoms with Gasteiger partial charge in [0.05, 0.1) is 11.2 Å². The molecule has 0 bridgehead atoms. The van der Waals surface area contributed by atoms with Crippen molar-refractivity contribution in [3.63, 3.8) is 0 Å². The summed E-state index contributed by atoms with van der Waals surface area (Å²) in [6.07, 6.45) is 1.57. The second-order valence-electron chi connectivity index (χ2n) is 11.0. The third kappa shape index (κ3) is 6.74. The van der Waals surface area contributed by atoms with E-state index in [1.807, 2.05) is 54.5 Å². The summed E-state index contributed by atoms with van der Waals surface area (Å²) in [5, 5.41) is 2.86. The molecule has 2 saturated heterocycles. The average Bonchev–Trinajstić information content (AvgIpc) is 2.92. The van der Waals surface area contributed by atoms with Crippen LogP contribution in [0.1, 0.15) is 54.0 Å². The van der Waals surface area contributed by atoms with Gasteiger partial charge in [-0.3, -0.25) is 0 Å². The molecule has 0 saturated carbocycles. The molecular weight excluding hydrogens is 417 g/mol. The molecule has 0 aromatic heterocycles. The molecule has 2 fully saturated rings. The van der Waals surface area contributed by atoms with Crippen LogP contribution in [-0.4, -0.2) is 74.7 Å². The Morgan fingerprint density at radius 2 is 1.61 bits per heavy atom. The molecule has 7 nitrogen and oxygen atoms in total. The number of hydrogen-bond donors (Lipinski definition) is 1.